The second kappa shape index (κ2) is 8.49. The van der Waals surface area contributed by atoms with Crippen LogP contribution in [0.4, 0.5) is 5.69 Å². The minimum absolute atomic E-state index is 0.0749. The van der Waals surface area contributed by atoms with Gasteiger partial charge in [-0.2, -0.15) is 0 Å². The predicted molar refractivity (Wildman–Crippen MR) is 110 cm³/mol. The van der Waals surface area contributed by atoms with Crippen LogP contribution in [0.3, 0.4) is 0 Å². The zero-order valence-electron chi connectivity index (χ0n) is 14.4. The first-order valence-corrected chi connectivity index (χ1v) is 10.6. The molecule has 8 heteroatoms. The van der Waals surface area contributed by atoms with Crippen LogP contribution in [-0.4, -0.2) is 26.7 Å². The highest BCUT2D eigenvalue weighted by atomic mass is 79.9. The van der Waals surface area contributed by atoms with Gasteiger partial charge in [0, 0.05) is 29.2 Å². The summed E-state index contributed by atoms with van der Waals surface area (Å²) in [6.45, 7) is 0.637. The van der Waals surface area contributed by atoms with Crippen molar-refractivity contribution in [1.82, 2.24) is 4.72 Å². The first-order chi connectivity index (χ1) is 12.9. The van der Waals surface area contributed by atoms with Crippen molar-refractivity contribution in [3.8, 4) is 0 Å². The number of benzene rings is 2. The molecule has 0 saturated heterocycles. The smallest absolute Gasteiger partial charge is 0.262 e. The Morgan fingerprint density at radius 2 is 1.96 bits per heavy atom. The molecule has 0 atom stereocenters. The van der Waals surface area contributed by atoms with Gasteiger partial charge in [-0.05, 0) is 48.4 Å². The molecule has 2 aromatic carbocycles. The molecular weight excluding hydrogens is 430 g/mol. The Balaban J connectivity index is 1.69. The Hall–Kier alpha value is -2.45. The lowest BCUT2D eigenvalue weighted by molar-refractivity contribution is -0.111. The van der Waals surface area contributed by atoms with Gasteiger partial charge in [-0.15, -0.1) is 0 Å². The number of hydrogen-bond acceptors (Lipinski definition) is 4. The van der Waals surface area contributed by atoms with Crippen LogP contribution in [0.5, 0.6) is 0 Å². The number of sulfonamides is 1. The van der Waals surface area contributed by atoms with Crippen molar-refractivity contribution in [1.29, 1.82) is 0 Å². The number of aliphatic imine (C=N–C) groups is 1. The fourth-order valence-electron chi connectivity index (χ4n) is 2.54. The molecular formula is C19H18BrN3O3S. The SMILES string of the molecule is O=C(/C=C/c1cccc(Br)c1)Nc1cccc(S(=O)(=O)NC2=NCCC2)c1. The monoisotopic (exact) mass is 447 g/mol. The van der Waals surface area contributed by atoms with Crippen LogP contribution >= 0.6 is 15.9 Å². The van der Waals surface area contributed by atoms with Crippen LogP contribution in [-0.2, 0) is 14.8 Å². The first kappa shape index (κ1) is 19.3. The number of amidine groups is 1. The predicted octanol–water partition coefficient (Wildman–Crippen LogP) is 3.57. The lowest BCUT2D eigenvalue weighted by Crippen LogP contribution is -2.29. The molecule has 0 radical (unpaired) electrons. The summed E-state index contributed by atoms with van der Waals surface area (Å²) >= 11 is 3.37. The minimum atomic E-state index is -3.72. The third-order valence-electron chi connectivity index (χ3n) is 3.81. The van der Waals surface area contributed by atoms with Crippen molar-refractivity contribution in [3.63, 3.8) is 0 Å². The van der Waals surface area contributed by atoms with E-state index in [0.717, 1.165) is 16.5 Å². The Labute approximate surface area is 166 Å². The molecule has 1 aliphatic heterocycles. The van der Waals surface area contributed by atoms with E-state index in [1.807, 2.05) is 24.3 Å². The molecule has 2 aromatic rings. The van der Waals surface area contributed by atoms with E-state index in [2.05, 4.69) is 31.0 Å². The van der Waals surface area contributed by atoms with E-state index in [0.29, 0.717) is 24.5 Å². The Morgan fingerprint density at radius 1 is 1.15 bits per heavy atom. The summed E-state index contributed by atoms with van der Waals surface area (Å²) in [5.74, 6) is 0.124. The molecule has 1 heterocycles. The van der Waals surface area contributed by atoms with Crippen molar-refractivity contribution in [2.45, 2.75) is 17.7 Å². The molecule has 0 aliphatic carbocycles. The van der Waals surface area contributed by atoms with Gasteiger partial charge in [0.1, 0.15) is 5.84 Å². The lowest BCUT2D eigenvalue weighted by Gasteiger charge is -2.09. The van der Waals surface area contributed by atoms with Gasteiger partial charge < -0.3 is 5.32 Å². The maximum atomic E-state index is 12.4. The van der Waals surface area contributed by atoms with Gasteiger partial charge in [0.15, 0.2) is 0 Å². The van der Waals surface area contributed by atoms with Gasteiger partial charge in [-0.1, -0.05) is 34.1 Å². The minimum Gasteiger partial charge on any atom is -0.322 e. The highest BCUT2D eigenvalue weighted by Gasteiger charge is 2.18. The molecule has 27 heavy (non-hydrogen) atoms. The van der Waals surface area contributed by atoms with Crippen LogP contribution in [0, 0.1) is 0 Å². The normalized spacial score (nSPS) is 14.2. The van der Waals surface area contributed by atoms with Gasteiger partial charge in [0.2, 0.25) is 5.91 Å². The summed E-state index contributed by atoms with van der Waals surface area (Å²) in [5.41, 5.74) is 1.27. The zero-order chi connectivity index (χ0) is 19.3. The van der Waals surface area contributed by atoms with Crippen LogP contribution in [0.1, 0.15) is 18.4 Å². The van der Waals surface area contributed by atoms with Gasteiger partial charge >= 0.3 is 0 Å². The molecule has 1 aliphatic rings. The Morgan fingerprint density at radius 3 is 2.70 bits per heavy atom. The molecule has 140 valence electrons. The molecule has 0 unspecified atom stereocenters. The number of nitrogens with zero attached hydrogens (tertiary/aromatic N) is 1. The number of halogens is 1. The van der Waals surface area contributed by atoms with Gasteiger partial charge in [-0.3, -0.25) is 14.5 Å². The van der Waals surface area contributed by atoms with Crippen molar-refractivity contribution < 1.29 is 13.2 Å². The zero-order valence-corrected chi connectivity index (χ0v) is 16.8. The van der Waals surface area contributed by atoms with Crippen molar-refractivity contribution in [2.24, 2.45) is 4.99 Å². The van der Waals surface area contributed by atoms with E-state index >= 15 is 0 Å². The van der Waals surface area contributed by atoms with Gasteiger partial charge in [0.25, 0.3) is 10.0 Å². The average Bonchev–Trinajstić information content (AvgIpc) is 3.13. The Kier molecular flexibility index (Phi) is 6.08. The van der Waals surface area contributed by atoms with Crippen molar-refractivity contribution in [2.75, 3.05) is 11.9 Å². The number of hydrogen-bond donors (Lipinski definition) is 2. The number of nitrogens with one attached hydrogen (secondary N) is 2. The number of carbonyl (C=O) groups is 1. The molecule has 0 spiro atoms. The van der Waals surface area contributed by atoms with E-state index < -0.39 is 10.0 Å². The van der Waals surface area contributed by atoms with Gasteiger partial charge in [0.05, 0.1) is 4.90 Å². The third-order valence-corrected chi connectivity index (χ3v) is 5.69. The topological polar surface area (TPSA) is 87.6 Å². The van der Waals surface area contributed by atoms with E-state index in [-0.39, 0.29) is 10.8 Å². The highest BCUT2D eigenvalue weighted by molar-refractivity contribution is 9.10. The van der Waals surface area contributed by atoms with E-state index in [1.165, 1.54) is 18.2 Å². The molecule has 1 amide bonds. The summed E-state index contributed by atoms with van der Waals surface area (Å²) in [5, 5.41) is 2.67. The summed E-state index contributed by atoms with van der Waals surface area (Å²) in [6, 6.07) is 13.6. The van der Waals surface area contributed by atoms with Crippen molar-refractivity contribution in [3.05, 3.63) is 64.6 Å². The largest absolute Gasteiger partial charge is 0.322 e. The number of rotatable bonds is 5. The van der Waals surface area contributed by atoms with Crippen LogP contribution in [0.25, 0.3) is 6.08 Å². The molecule has 0 aromatic heterocycles. The fourth-order valence-corrected chi connectivity index (χ4v) is 4.10. The molecule has 0 saturated carbocycles. The molecule has 2 N–H and O–H groups in total. The summed E-state index contributed by atoms with van der Waals surface area (Å²) in [6.07, 6.45) is 4.54. The highest BCUT2D eigenvalue weighted by Crippen LogP contribution is 2.17. The molecule has 0 fully saturated rings. The van der Waals surface area contributed by atoms with Crippen LogP contribution < -0.4 is 10.0 Å². The quantitative estimate of drug-likeness (QED) is 0.686. The summed E-state index contributed by atoms with van der Waals surface area (Å²) in [4.78, 5) is 16.3. The summed E-state index contributed by atoms with van der Waals surface area (Å²) in [7, 11) is -3.72. The molecule has 6 nitrogen and oxygen atoms in total. The van der Waals surface area contributed by atoms with E-state index in [1.54, 1.807) is 18.2 Å². The second-order valence-electron chi connectivity index (χ2n) is 5.94. The van der Waals surface area contributed by atoms with Gasteiger partial charge in [-0.25, -0.2) is 8.42 Å². The molecule has 3 rings (SSSR count). The van der Waals surface area contributed by atoms with Crippen molar-refractivity contribution >= 4 is 49.5 Å². The second-order valence-corrected chi connectivity index (χ2v) is 8.54. The van der Waals surface area contributed by atoms with Crippen LogP contribution in [0.2, 0.25) is 0 Å². The number of anilines is 1. The number of carbonyl (C=O) groups excluding carboxylic acids is 1. The maximum absolute atomic E-state index is 12.4. The summed E-state index contributed by atoms with van der Waals surface area (Å²) < 4.78 is 28.3. The van der Waals surface area contributed by atoms with Crippen LogP contribution in [0.15, 0.2) is 69.0 Å². The first-order valence-electron chi connectivity index (χ1n) is 8.33. The van der Waals surface area contributed by atoms with E-state index in [4.69, 9.17) is 0 Å². The molecule has 0 bridgehead atoms. The fraction of sp³-hybridized carbons (Fsp3) is 0.158. The Bertz CT molecular complexity index is 1020. The lowest BCUT2D eigenvalue weighted by atomic mass is 10.2. The maximum Gasteiger partial charge on any atom is 0.262 e. The standard InChI is InChI=1S/C19H18BrN3O3S/c20-15-5-1-4-14(12-15)9-10-19(24)22-16-6-2-7-17(13-16)27(25,26)23-18-8-3-11-21-18/h1-2,4-7,9-10,12-13H,3,8,11H2,(H,21,23)(H,22,24)/b10-9+. The number of amides is 1. The van der Waals surface area contributed by atoms with E-state index in [9.17, 15) is 13.2 Å². The average molecular weight is 448 g/mol. The third kappa shape index (κ3) is 5.51.